The van der Waals surface area contributed by atoms with E-state index in [1.165, 1.54) is 12.1 Å². The number of anilines is 3. The van der Waals surface area contributed by atoms with Crippen LogP contribution in [0.4, 0.5) is 30.2 Å². The number of aryl methyl sites for hydroxylation is 2. The lowest BCUT2D eigenvalue weighted by Gasteiger charge is -2.24. The fourth-order valence-corrected chi connectivity index (χ4v) is 5.29. The molecule has 43 heavy (non-hydrogen) atoms. The van der Waals surface area contributed by atoms with Gasteiger partial charge in [0, 0.05) is 80.8 Å². The van der Waals surface area contributed by atoms with E-state index in [4.69, 9.17) is 0 Å². The van der Waals surface area contributed by atoms with Crippen LogP contribution in [0.25, 0.3) is 5.70 Å². The first-order valence-corrected chi connectivity index (χ1v) is 14.1. The van der Waals surface area contributed by atoms with Gasteiger partial charge in [0.05, 0.1) is 17.6 Å². The predicted molar refractivity (Wildman–Crippen MR) is 161 cm³/mol. The number of likely N-dealkylation sites (N-methyl/N-ethyl adjacent to an activating group) is 1. The van der Waals surface area contributed by atoms with Gasteiger partial charge < -0.3 is 19.9 Å². The Hall–Kier alpha value is -4.23. The first-order chi connectivity index (χ1) is 20.4. The van der Waals surface area contributed by atoms with Crippen LogP contribution in [0.3, 0.4) is 0 Å². The van der Waals surface area contributed by atoms with E-state index in [-0.39, 0.29) is 5.69 Å². The lowest BCUT2D eigenvalue weighted by molar-refractivity contribution is -0.274. The van der Waals surface area contributed by atoms with Gasteiger partial charge in [0.15, 0.2) is 0 Å². The predicted octanol–water partition coefficient (Wildman–Crippen LogP) is 4.89. The largest absolute Gasteiger partial charge is 0.573 e. The highest BCUT2D eigenvalue weighted by Gasteiger charge is 2.32. The quantitative estimate of drug-likeness (QED) is 0.361. The first-order valence-electron chi connectivity index (χ1n) is 14.1. The molecule has 0 unspecified atom stereocenters. The van der Waals surface area contributed by atoms with Crippen LogP contribution in [0.2, 0.25) is 0 Å². The van der Waals surface area contributed by atoms with Crippen molar-refractivity contribution < 1.29 is 22.7 Å². The molecule has 0 saturated carbocycles. The van der Waals surface area contributed by atoms with Crippen LogP contribution < -0.4 is 25.5 Å². The van der Waals surface area contributed by atoms with Gasteiger partial charge in [-0.2, -0.15) is 5.10 Å². The number of aromatic nitrogens is 2. The molecule has 10 nitrogen and oxygen atoms in total. The summed E-state index contributed by atoms with van der Waals surface area (Å²) in [5.74, 6) is -0.860. The number of nitrogens with one attached hydrogen (secondary N) is 2. The summed E-state index contributed by atoms with van der Waals surface area (Å²) in [6.45, 7) is 7.38. The minimum absolute atomic E-state index is 0.199. The van der Waals surface area contributed by atoms with Gasteiger partial charge in [-0.25, -0.2) is 0 Å². The summed E-state index contributed by atoms with van der Waals surface area (Å²) in [6.07, 6.45) is 1.17. The number of rotatable bonds is 9. The van der Waals surface area contributed by atoms with Crippen molar-refractivity contribution in [2.24, 2.45) is 7.05 Å². The van der Waals surface area contributed by atoms with Gasteiger partial charge in [-0.1, -0.05) is 6.07 Å². The van der Waals surface area contributed by atoms with Crippen molar-refractivity contribution in [3.05, 3.63) is 71.2 Å². The van der Waals surface area contributed by atoms with Crippen molar-refractivity contribution in [1.29, 1.82) is 0 Å². The van der Waals surface area contributed by atoms with Crippen LogP contribution in [-0.4, -0.2) is 72.2 Å². The molecule has 0 radical (unpaired) electrons. The number of carbonyl (C=O) groups excluding carboxylic acids is 1. The summed E-state index contributed by atoms with van der Waals surface area (Å²) in [4.78, 5) is 17.6. The fourth-order valence-electron chi connectivity index (χ4n) is 5.29. The summed E-state index contributed by atoms with van der Waals surface area (Å²) >= 11 is 0. The van der Waals surface area contributed by atoms with Crippen molar-refractivity contribution in [1.82, 2.24) is 25.2 Å². The zero-order valence-electron chi connectivity index (χ0n) is 25.0. The second kappa shape index (κ2) is 12.2. The van der Waals surface area contributed by atoms with E-state index >= 15 is 0 Å². The first kappa shape index (κ1) is 30.2. The van der Waals surface area contributed by atoms with E-state index in [0.29, 0.717) is 17.8 Å². The Balaban J connectivity index is 1.37. The van der Waals surface area contributed by atoms with E-state index in [2.05, 4.69) is 25.6 Å². The SMILES string of the molecule is Cc1ccc(C(=O)Nc2cc(OC(F)(F)F)cc(N(C)CCN3CCCC3)c2)cc1N1C=C(c2cnn(C)c2C)N(C)N1. The van der Waals surface area contributed by atoms with Crippen LogP contribution in [0.1, 0.15) is 40.0 Å². The van der Waals surface area contributed by atoms with Crippen molar-refractivity contribution in [2.45, 2.75) is 33.1 Å². The Morgan fingerprint density at radius 1 is 1.12 bits per heavy atom. The molecule has 2 aliphatic rings. The maximum absolute atomic E-state index is 13.4. The third-order valence-electron chi connectivity index (χ3n) is 7.89. The molecule has 2 aromatic carbocycles. The van der Waals surface area contributed by atoms with Crippen molar-refractivity contribution >= 4 is 28.7 Å². The molecule has 0 bridgehead atoms. The molecule has 1 fully saturated rings. The molecule has 2 aliphatic heterocycles. The maximum Gasteiger partial charge on any atom is 0.573 e. The Morgan fingerprint density at radius 3 is 2.53 bits per heavy atom. The molecule has 230 valence electrons. The highest BCUT2D eigenvalue weighted by atomic mass is 19.4. The van der Waals surface area contributed by atoms with E-state index < -0.39 is 18.0 Å². The molecule has 3 aromatic rings. The smallest absolute Gasteiger partial charge is 0.406 e. The monoisotopic (exact) mass is 598 g/mol. The maximum atomic E-state index is 13.4. The average Bonchev–Trinajstić information content (AvgIpc) is 3.67. The van der Waals surface area contributed by atoms with Gasteiger partial charge in [0.1, 0.15) is 5.75 Å². The van der Waals surface area contributed by atoms with E-state index in [9.17, 15) is 18.0 Å². The molecule has 1 saturated heterocycles. The number of likely N-dealkylation sites (tertiary alicyclic amines) is 1. The molecule has 0 atom stereocenters. The lowest BCUT2D eigenvalue weighted by Crippen LogP contribution is -2.38. The van der Waals surface area contributed by atoms with Crippen molar-refractivity contribution in [2.75, 3.05) is 55.5 Å². The second-order valence-electron chi connectivity index (χ2n) is 11.0. The van der Waals surface area contributed by atoms with Gasteiger partial charge in [0.25, 0.3) is 5.91 Å². The molecule has 2 N–H and O–H groups in total. The molecule has 0 spiro atoms. The van der Waals surface area contributed by atoms with Crippen LogP contribution in [-0.2, 0) is 7.05 Å². The summed E-state index contributed by atoms with van der Waals surface area (Å²) in [7, 11) is 5.59. The summed E-state index contributed by atoms with van der Waals surface area (Å²) < 4.78 is 45.5. The number of ether oxygens (including phenoxy) is 1. The van der Waals surface area contributed by atoms with Gasteiger partial charge >= 0.3 is 6.36 Å². The van der Waals surface area contributed by atoms with Crippen molar-refractivity contribution in [3.8, 4) is 5.75 Å². The second-order valence-corrected chi connectivity index (χ2v) is 11.0. The van der Waals surface area contributed by atoms with Gasteiger partial charge in [-0.15, -0.1) is 18.7 Å². The average molecular weight is 599 g/mol. The highest BCUT2D eigenvalue weighted by Crippen LogP contribution is 2.32. The van der Waals surface area contributed by atoms with E-state index in [0.717, 1.165) is 60.7 Å². The minimum Gasteiger partial charge on any atom is -0.406 e. The Bertz CT molecular complexity index is 1510. The molecule has 13 heteroatoms. The number of nitrogens with zero attached hydrogens (tertiary/aromatic N) is 6. The molecule has 1 amide bonds. The Kier molecular flexibility index (Phi) is 8.56. The number of hydrogen-bond acceptors (Lipinski definition) is 8. The van der Waals surface area contributed by atoms with Crippen LogP contribution in [0.15, 0.2) is 48.8 Å². The topological polar surface area (TPSA) is 81.1 Å². The normalized spacial score (nSPS) is 15.7. The number of halogens is 3. The summed E-state index contributed by atoms with van der Waals surface area (Å²) in [5, 5.41) is 10.8. The summed E-state index contributed by atoms with van der Waals surface area (Å²) in [6, 6.07) is 9.42. The number of hydrogen-bond donors (Lipinski definition) is 2. The molecule has 3 heterocycles. The van der Waals surface area contributed by atoms with Crippen molar-refractivity contribution in [3.63, 3.8) is 0 Å². The highest BCUT2D eigenvalue weighted by molar-refractivity contribution is 6.05. The number of benzene rings is 2. The molecular formula is C30H37F3N8O2. The van der Waals surface area contributed by atoms with Crippen LogP contribution in [0, 0.1) is 13.8 Å². The van der Waals surface area contributed by atoms with E-state index in [1.54, 1.807) is 29.1 Å². The summed E-state index contributed by atoms with van der Waals surface area (Å²) in [5.41, 5.74) is 8.85. The molecule has 1 aromatic heterocycles. The number of amides is 1. The number of alkyl halides is 3. The van der Waals surface area contributed by atoms with Gasteiger partial charge in [-0.05, 0) is 63.5 Å². The third kappa shape index (κ3) is 7.05. The van der Waals surface area contributed by atoms with Crippen LogP contribution in [0.5, 0.6) is 5.75 Å². The zero-order chi connectivity index (χ0) is 30.9. The standard InChI is InChI=1S/C30H37F3N8O2/c1-20-8-9-22(14-27(20)41-19-28(39(5)36-41)26-18-34-38(4)21(26)2)29(42)35-23-15-24(17-25(16-23)43-30(31,32)33)37(3)12-13-40-10-6-7-11-40/h8-9,14-19,36H,6-7,10-13H2,1-5H3,(H,35,42). The fraction of sp³-hybridized carbons (Fsp3) is 0.400. The third-order valence-corrected chi connectivity index (χ3v) is 7.89. The van der Waals surface area contributed by atoms with Crippen LogP contribution >= 0.6 is 0 Å². The minimum atomic E-state index is -4.86. The molecular weight excluding hydrogens is 561 g/mol. The zero-order valence-corrected chi connectivity index (χ0v) is 25.0. The number of hydrazine groups is 2. The van der Waals surface area contributed by atoms with Gasteiger partial charge in [0.2, 0.25) is 0 Å². The lowest BCUT2D eigenvalue weighted by atomic mass is 10.1. The molecule has 0 aliphatic carbocycles. The Labute approximate surface area is 249 Å². The number of carbonyl (C=O) groups is 1. The Morgan fingerprint density at radius 2 is 1.86 bits per heavy atom. The van der Waals surface area contributed by atoms with E-state index in [1.807, 2.05) is 62.2 Å². The molecule has 5 rings (SSSR count). The van der Waals surface area contributed by atoms with Gasteiger partial charge in [-0.3, -0.25) is 19.5 Å².